The number of hydrogen-bond donors (Lipinski definition) is 2. The lowest BCUT2D eigenvalue weighted by Gasteiger charge is -2.42. The van der Waals surface area contributed by atoms with Crippen molar-refractivity contribution >= 4 is 0 Å². The maximum Gasteiger partial charge on any atom is 0.137 e. The molecule has 0 spiro atoms. The lowest BCUT2D eigenvalue weighted by Crippen LogP contribution is -2.47. The average Bonchev–Trinajstić information content (AvgIpc) is 2.99. The summed E-state index contributed by atoms with van der Waals surface area (Å²) in [6, 6.07) is 7.92. The molecule has 2 N–H and O–H groups in total. The van der Waals surface area contributed by atoms with Gasteiger partial charge in [-0.25, -0.2) is 9.67 Å². The molecule has 5 heteroatoms. The third-order valence-electron chi connectivity index (χ3n) is 4.43. The topological polar surface area (TPSA) is 71.2 Å². The van der Waals surface area contributed by atoms with Crippen LogP contribution in [0, 0.1) is 5.41 Å². The molecular formula is C17H25N3O2. The fraction of sp³-hybridized carbons (Fsp3) is 0.529. The largest absolute Gasteiger partial charge is 0.396 e. The van der Waals surface area contributed by atoms with E-state index in [0.717, 1.165) is 5.56 Å². The Morgan fingerprint density at radius 1 is 1.18 bits per heavy atom. The summed E-state index contributed by atoms with van der Waals surface area (Å²) in [5.74, 6) is 0.434. The van der Waals surface area contributed by atoms with Crippen molar-refractivity contribution < 1.29 is 10.2 Å². The first-order chi connectivity index (χ1) is 10.3. The van der Waals surface area contributed by atoms with Crippen LogP contribution in [0.25, 0.3) is 0 Å². The Hall–Kier alpha value is -1.72. The first-order valence-corrected chi connectivity index (χ1v) is 7.56. The van der Waals surface area contributed by atoms with Gasteiger partial charge in [0.2, 0.25) is 0 Å². The van der Waals surface area contributed by atoms with Crippen LogP contribution in [0.15, 0.2) is 36.9 Å². The van der Waals surface area contributed by atoms with E-state index in [1.165, 1.54) is 11.9 Å². The summed E-state index contributed by atoms with van der Waals surface area (Å²) in [6.07, 6.45) is 3.01. The summed E-state index contributed by atoms with van der Waals surface area (Å²) in [7, 11) is 0. The molecule has 5 nitrogen and oxygen atoms in total. The van der Waals surface area contributed by atoms with E-state index in [1.807, 2.05) is 38.1 Å². The molecule has 1 unspecified atom stereocenters. The first-order valence-electron chi connectivity index (χ1n) is 7.56. The molecule has 1 aromatic carbocycles. The van der Waals surface area contributed by atoms with Crippen molar-refractivity contribution in [1.82, 2.24) is 14.8 Å². The van der Waals surface area contributed by atoms with Gasteiger partial charge in [0.15, 0.2) is 0 Å². The monoisotopic (exact) mass is 303 g/mol. The summed E-state index contributed by atoms with van der Waals surface area (Å²) < 4.78 is 1.59. The molecule has 0 aliphatic heterocycles. The third-order valence-corrected chi connectivity index (χ3v) is 4.43. The fourth-order valence-electron chi connectivity index (χ4n) is 2.52. The van der Waals surface area contributed by atoms with Gasteiger partial charge in [0.25, 0.3) is 0 Å². The van der Waals surface area contributed by atoms with Crippen molar-refractivity contribution in [2.75, 3.05) is 6.61 Å². The Bertz CT molecular complexity index is 591. The second-order valence-corrected chi connectivity index (χ2v) is 6.77. The lowest BCUT2D eigenvalue weighted by molar-refractivity contribution is -0.110. The molecule has 0 radical (unpaired) electrons. The number of benzene rings is 1. The van der Waals surface area contributed by atoms with Gasteiger partial charge >= 0.3 is 0 Å². The highest BCUT2D eigenvalue weighted by molar-refractivity contribution is 5.30. The van der Waals surface area contributed by atoms with E-state index in [0.29, 0.717) is 5.92 Å². The fourth-order valence-corrected chi connectivity index (χ4v) is 2.52. The van der Waals surface area contributed by atoms with Gasteiger partial charge in [-0.3, -0.25) is 0 Å². The predicted octanol–water partition coefficient (Wildman–Crippen LogP) is 2.31. The lowest BCUT2D eigenvalue weighted by atomic mass is 9.71. The van der Waals surface area contributed by atoms with Crippen molar-refractivity contribution in [3.05, 3.63) is 48.0 Å². The van der Waals surface area contributed by atoms with E-state index < -0.39 is 11.0 Å². The third kappa shape index (κ3) is 3.05. The van der Waals surface area contributed by atoms with E-state index in [1.54, 1.807) is 11.0 Å². The van der Waals surface area contributed by atoms with E-state index in [-0.39, 0.29) is 13.2 Å². The maximum absolute atomic E-state index is 11.4. The molecule has 1 heterocycles. The van der Waals surface area contributed by atoms with Crippen molar-refractivity contribution in [3.63, 3.8) is 0 Å². The van der Waals surface area contributed by atoms with Gasteiger partial charge in [0.05, 0.1) is 13.2 Å². The number of nitrogens with zero attached hydrogens (tertiary/aromatic N) is 3. The highest BCUT2D eigenvalue weighted by Crippen LogP contribution is 2.41. The number of rotatable bonds is 6. The summed E-state index contributed by atoms with van der Waals surface area (Å²) in [5, 5.41) is 25.2. The van der Waals surface area contributed by atoms with Crippen LogP contribution in [0.4, 0.5) is 0 Å². The summed E-state index contributed by atoms with van der Waals surface area (Å²) >= 11 is 0. The van der Waals surface area contributed by atoms with Crippen LogP contribution in [0.5, 0.6) is 0 Å². The van der Waals surface area contributed by atoms with Crippen molar-refractivity contribution in [2.45, 2.75) is 45.8 Å². The van der Waals surface area contributed by atoms with Crippen LogP contribution in [-0.2, 0) is 12.1 Å². The van der Waals surface area contributed by atoms with Crippen molar-refractivity contribution in [2.24, 2.45) is 5.41 Å². The van der Waals surface area contributed by atoms with Crippen LogP contribution >= 0.6 is 0 Å². The van der Waals surface area contributed by atoms with E-state index in [4.69, 9.17) is 0 Å². The smallest absolute Gasteiger partial charge is 0.137 e. The van der Waals surface area contributed by atoms with Gasteiger partial charge in [-0.1, -0.05) is 52.0 Å². The Labute approximate surface area is 131 Å². The summed E-state index contributed by atoms with van der Waals surface area (Å²) in [5.41, 5.74) is 0.0172. The SMILES string of the molecule is CC(C)c1ccc(C(O)(Cn2cncn2)C(C)(C)CO)cc1. The minimum absolute atomic E-state index is 0.135. The minimum Gasteiger partial charge on any atom is -0.396 e. The summed E-state index contributed by atoms with van der Waals surface area (Å²) in [6.45, 7) is 8.06. The average molecular weight is 303 g/mol. The van der Waals surface area contributed by atoms with Gasteiger partial charge in [0.1, 0.15) is 18.3 Å². The molecular weight excluding hydrogens is 278 g/mol. The van der Waals surface area contributed by atoms with Crippen molar-refractivity contribution in [3.8, 4) is 0 Å². The quantitative estimate of drug-likeness (QED) is 0.859. The molecule has 1 atom stereocenters. The maximum atomic E-state index is 11.4. The van der Waals surface area contributed by atoms with E-state index >= 15 is 0 Å². The highest BCUT2D eigenvalue weighted by atomic mass is 16.3. The molecule has 2 aromatic rings. The molecule has 0 saturated heterocycles. The number of aromatic nitrogens is 3. The number of aliphatic hydroxyl groups excluding tert-OH is 1. The Kier molecular flexibility index (Phi) is 4.68. The first kappa shape index (κ1) is 16.6. The predicted molar refractivity (Wildman–Crippen MR) is 85.3 cm³/mol. The number of aliphatic hydroxyl groups is 2. The molecule has 0 saturated carbocycles. The van der Waals surface area contributed by atoms with Crippen LogP contribution in [0.1, 0.15) is 44.7 Å². The van der Waals surface area contributed by atoms with E-state index in [2.05, 4.69) is 23.9 Å². The molecule has 0 aliphatic carbocycles. The van der Waals surface area contributed by atoms with Crippen LogP contribution < -0.4 is 0 Å². The Balaban J connectivity index is 2.43. The molecule has 0 bridgehead atoms. The second-order valence-electron chi connectivity index (χ2n) is 6.77. The molecule has 1 aromatic heterocycles. The highest BCUT2D eigenvalue weighted by Gasteiger charge is 2.45. The zero-order valence-corrected chi connectivity index (χ0v) is 13.7. The molecule has 120 valence electrons. The molecule has 0 amide bonds. The molecule has 0 fully saturated rings. The van der Waals surface area contributed by atoms with Gasteiger partial charge < -0.3 is 10.2 Å². The van der Waals surface area contributed by atoms with E-state index in [9.17, 15) is 10.2 Å². The van der Waals surface area contributed by atoms with Gasteiger partial charge in [0, 0.05) is 5.41 Å². The molecule has 0 aliphatic rings. The van der Waals surface area contributed by atoms with Crippen LogP contribution in [0.3, 0.4) is 0 Å². The van der Waals surface area contributed by atoms with Crippen LogP contribution in [-0.4, -0.2) is 31.6 Å². The van der Waals surface area contributed by atoms with Crippen LogP contribution in [0.2, 0.25) is 0 Å². The van der Waals surface area contributed by atoms with Gasteiger partial charge in [-0.15, -0.1) is 0 Å². The molecule has 2 rings (SSSR count). The zero-order chi connectivity index (χ0) is 16.4. The normalized spacial score (nSPS) is 15.0. The minimum atomic E-state index is -1.25. The molecule has 22 heavy (non-hydrogen) atoms. The zero-order valence-electron chi connectivity index (χ0n) is 13.7. The standard InChI is InChI=1S/C17H25N3O2/c1-13(2)14-5-7-15(8-6-14)17(22,16(3,4)10-21)9-20-12-18-11-19-20/h5-8,11-13,21-22H,9-10H2,1-4H3. The summed E-state index contributed by atoms with van der Waals surface area (Å²) in [4.78, 5) is 3.92. The van der Waals surface area contributed by atoms with Gasteiger partial charge in [-0.05, 0) is 17.0 Å². The number of hydrogen-bond acceptors (Lipinski definition) is 4. The second kappa shape index (κ2) is 6.18. The Morgan fingerprint density at radius 3 is 2.27 bits per heavy atom. The van der Waals surface area contributed by atoms with Gasteiger partial charge in [-0.2, -0.15) is 5.10 Å². The Morgan fingerprint density at radius 2 is 1.82 bits per heavy atom. The van der Waals surface area contributed by atoms with Crippen molar-refractivity contribution in [1.29, 1.82) is 0 Å².